The zero-order chi connectivity index (χ0) is 14.7. The van der Waals surface area contributed by atoms with E-state index >= 15 is 0 Å². The minimum Gasteiger partial charge on any atom is -0.310 e. The van der Waals surface area contributed by atoms with Crippen LogP contribution in [0.4, 0.5) is 0 Å². The molecule has 0 radical (unpaired) electrons. The summed E-state index contributed by atoms with van der Waals surface area (Å²) in [5.74, 6) is 0. The Kier molecular flexibility index (Phi) is 4.61. The molecule has 20 heavy (non-hydrogen) atoms. The topological polar surface area (TPSA) is 29.9 Å². The van der Waals surface area contributed by atoms with Crippen LogP contribution in [0.2, 0.25) is 0 Å². The first-order valence-electron chi connectivity index (χ1n) is 7.30. The van der Waals surface area contributed by atoms with Crippen molar-refractivity contribution in [3.63, 3.8) is 0 Å². The number of nitrogens with one attached hydrogen (secondary N) is 1. The van der Waals surface area contributed by atoms with Gasteiger partial charge >= 0.3 is 0 Å². The Morgan fingerprint density at radius 2 is 1.85 bits per heavy atom. The van der Waals surface area contributed by atoms with E-state index in [-0.39, 0.29) is 0 Å². The van der Waals surface area contributed by atoms with Crippen LogP contribution < -0.4 is 5.32 Å². The van der Waals surface area contributed by atoms with E-state index < -0.39 is 0 Å². The molecule has 1 N–H and O–H groups in total. The summed E-state index contributed by atoms with van der Waals surface area (Å²) in [6, 6.07) is 4.87. The number of hydrogen-bond acceptors (Lipinski definition) is 2. The fourth-order valence-corrected chi connectivity index (χ4v) is 2.91. The molecule has 1 atom stereocenters. The second-order valence-corrected chi connectivity index (χ2v) is 5.64. The van der Waals surface area contributed by atoms with Crippen molar-refractivity contribution in [3.8, 4) is 0 Å². The third-order valence-electron chi connectivity index (χ3n) is 3.83. The minimum atomic E-state index is 0.328. The fourth-order valence-electron chi connectivity index (χ4n) is 2.91. The van der Waals surface area contributed by atoms with Gasteiger partial charge in [-0.05, 0) is 50.4 Å². The van der Waals surface area contributed by atoms with Gasteiger partial charge in [0.2, 0.25) is 0 Å². The lowest BCUT2D eigenvalue weighted by molar-refractivity contribution is 0.547. The highest BCUT2D eigenvalue weighted by molar-refractivity contribution is 5.38. The number of benzene rings is 1. The largest absolute Gasteiger partial charge is 0.310 e. The van der Waals surface area contributed by atoms with Crippen molar-refractivity contribution >= 4 is 0 Å². The Balaban J connectivity index is 2.29. The van der Waals surface area contributed by atoms with E-state index in [1.54, 1.807) is 0 Å². The molecule has 2 aromatic rings. The highest BCUT2D eigenvalue weighted by Gasteiger charge is 2.15. The number of nitrogens with zero attached hydrogens (tertiary/aromatic N) is 2. The van der Waals surface area contributed by atoms with Gasteiger partial charge in [-0.1, -0.05) is 24.6 Å². The van der Waals surface area contributed by atoms with E-state index in [0.717, 1.165) is 13.0 Å². The van der Waals surface area contributed by atoms with Gasteiger partial charge in [0.05, 0.1) is 6.20 Å². The van der Waals surface area contributed by atoms with Crippen molar-refractivity contribution in [2.24, 2.45) is 7.05 Å². The van der Waals surface area contributed by atoms with Crippen molar-refractivity contribution in [2.75, 3.05) is 6.54 Å². The van der Waals surface area contributed by atoms with E-state index in [4.69, 9.17) is 0 Å². The highest BCUT2D eigenvalue weighted by Crippen LogP contribution is 2.24. The molecular weight excluding hydrogens is 246 g/mol. The number of likely N-dealkylation sites (N-methyl/N-ethyl adjacent to an activating group) is 1. The lowest BCUT2D eigenvalue weighted by Gasteiger charge is -2.20. The first-order chi connectivity index (χ1) is 9.51. The van der Waals surface area contributed by atoms with Gasteiger partial charge in [-0.2, -0.15) is 5.10 Å². The molecule has 0 aliphatic heterocycles. The molecule has 0 bridgehead atoms. The van der Waals surface area contributed by atoms with Crippen LogP contribution in [0, 0.1) is 20.8 Å². The Labute approximate surface area is 122 Å². The molecule has 2 rings (SSSR count). The van der Waals surface area contributed by atoms with Gasteiger partial charge in [0.1, 0.15) is 0 Å². The summed E-state index contributed by atoms with van der Waals surface area (Å²) in [7, 11) is 1.97. The summed E-state index contributed by atoms with van der Waals surface area (Å²) in [6.07, 6.45) is 5.08. The summed E-state index contributed by atoms with van der Waals surface area (Å²) >= 11 is 0. The second-order valence-electron chi connectivity index (χ2n) is 5.64. The summed E-state index contributed by atoms with van der Waals surface area (Å²) in [5, 5.41) is 7.87. The van der Waals surface area contributed by atoms with Gasteiger partial charge in [-0.15, -0.1) is 0 Å². The molecular formula is C17H25N3. The van der Waals surface area contributed by atoms with Crippen molar-refractivity contribution < 1.29 is 0 Å². The van der Waals surface area contributed by atoms with Crippen molar-refractivity contribution in [1.82, 2.24) is 15.1 Å². The maximum absolute atomic E-state index is 4.30. The molecule has 0 fully saturated rings. The molecule has 3 heteroatoms. The van der Waals surface area contributed by atoms with E-state index in [9.17, 15) is 0 Å². The van der Waals surface area contributed by atoms with Gasteiger partial charge in [0, 0.05) is 24.8 Å². The van der Waals surface area contributed by atoms with Crippen LogP contribution in [0.25, 0.3) is 0 Å². The highest BCUT2D eigenvalue weighted by atomic mass is 15.2. The summed E-state index contributed by atoms with van der Waals surface area (Å²) in [6.45, 7) is 9.69. The quantitative estimate of drug-likeness (QED) is 0.904. The average molecular weight is 271 g/mol. The van der Waals surface area contributed by atoms with E-state index in [1.165, 1.54) is 27.8 Å². The monoisotopic (exact) mass is 271 g/mol. The van der Waals surface area contributed by atoms with E-state index in [1.807, 2.05) is 17.9 Å². The zero-order valence-corrected chi connectivity index (χ0v) is 13.2. The van der Waals surface area contributed by atoms with Gasteiger partial charge in [-0.25, -0.2) is 0 Å². The van der Waals surface area contributed by atoms with Crippen molar-refractivity contribution in [2.45, 2.75) is 40.2 Å². The molecule has 0 aliphatic rings. The van der Waals surface area contributed by atoms with Crippen LogP contribution >= 0.6 is 0 Å². The molecule has 0 amide bonds. The van der Waals surface area contributed by atoms with Crippen LogP contribution in [-0.2, 0) is 13.5 Å². The standard InChI is InChI=1S/C17H25N3/c1-6-18-17(15-10-19-20(5)11-15)9-16-13(3)7-12(2)8-14(16)4/h7-8,10-11,17-18H,6,9H2,1-5H3. The average Bonchev–Trinajstić information content (AvgIpc) is 2.79. The predicted octanol–water partition coefficient (Wildman–Crippen LogP) is 3.24. The molecule has 108 valence electrons. The predicted molar refractivity (Wildman–Crippen MR) is 84.0 cm³/mol. The van der Waals surface area contributed by atoms with Crippen LogP contribution in [0.1, 0.15) is 40.8 Å². The fraction of sp³-hybridized carbons (Fsp3) is 0.471. The number of aromatic nitrogens is 2. The normalized spacial score (nSPS) is 12.7. The smallest absolute Gasteiger partial charge is 0.0537 e. The first kappa shape index (κ1) is 14.8. The molecule has 1 aromatic heterocycles. The maximum Gasteiger partial charge on any atom is 0.0537 e. The van der Waals surface area contributed by atoms with Crippen LogP contribution in [0.5, 0.6) is 0 Å². The summed E-state index contributed by atoms with van der Waals surface area (Å²) < 4.78 is 1.87. The molecule has 0 aliphatic carbocycles. The van der Waals surface area contributed by atoms with Crippen LogP contribution in [-0.4, -0.2) is 16.3 Å². The number of aryl methyl sites for hydroxylation is 4. The molecule has 0 saturated carbocycles. The third-order valence-corrected chi connectivity index (χ3v) is 3.83. The Hall–Kier alpha value is -1.61. The van der Waals surface area contributed by atoms with Gasteiger partial charge in [0.15, 0.2) is 0 Å². The molecule has 1 aromatic carbocycles. The molecule has 1 heterocycles. The van der Waals surface area contributed by atoms with Crippen LogP contribution in [0.15, 0.2) is 24.5 Å². The van der Waals surface area contributed by atoms with Gasteiger partial charge < -0.3 is 5.32 Å². The molecule has 3 nitrogen and oxygen atoms in total. The Morgan fingerprint density at radius 1 is 1.20 bits per heavy atom. The zero-order valence-electron chi connectivity index (χ0n) is 13.2. The van der Waals surface area contributed by atoms with Crippen molar-refractivity contribution in [1.29, 1.82) is 0 Å². The number of hydrogen-bond donors (Lipinski definition) is 1. The third kappa shape index (κ3) is 3.28. The van der Waals surface area contributed by atoms with Gasteiger partial charge in [-0.3, -0.25) is 4.68 Å². The van der Waals surface area contributed by atoms with E-state index in [0.29, 0.717) is 6.04 Å². The van der Waals surface area contributed by atoms with Crippen molar-refractivity contribution in [3.05, 3.63) is 52.3 Å². The lowest BCUT2D eigenvalue weighted by Crippen LogP contribution is -2.23. The SMILES string of the molecule is CCNC(Cc1c(C)cc(C)cc1C)c1cnn(C)c1. The first-order valence-corrected chi connectivity index (χ1v) is 7.30. The molecule has 1 unspecified atom stereocenters. The molecule has 0 saturated heterocycles. The summed E-state index contributed by atoms with van der Waals surface area (Å²) in [4.78, 5) is 0. The van der Waals surface area contributed by atoms with E-state index in [2.05, 4.69) is 56.4 Å². The second kappa shape index (κ2) is 6.23. The Bertz CT molecular complexity index is 561. The van der Waals surface area contributed by atoms with Gasteiger partial charge in [0.25, 0.3) is 0 Å². The lowest BCUT2D eigenvalue weighted by atomic mass is 9.92. The summed E-state index contributed by atoms with van der Waals surface area (Å²) in [5.41, 5.74) is 6.81. The Morgan fingerprint density at radius 3 is 2.35 bits per heavy atom. The van der Waals surface area contributed by atoms with Crippen LogP contribution in [0.3, 0.4) is 0 Å². The number of rotatable bonds is 5. The maximum atomic E-state index is 4.30. The minimum absolute atomic E-state index is 0.328. The molecule has 0 spiro atoms.